The van der Waals surface area contributed by atoms with Gasteiger partial charge in [-0.3, -0.25) is 0 Å². The highest BCUT2D eigenvalue weighted by Gasteiger charge is 2.23. The van der Waals surface area contributed by atoms with E-state index in [-0.39, 0.29) is 11.5 Å². The van der Waals surface area contributed by atoms with Crippen molar-refractivity contribution in [3.05, 3.63) is 11.6 Å². The lowest BCUT2D eigenvalue weighted by atomic mass is 9.92. The molecule has 0 amide bonds. The van der Waals surface area contributed by atoms with Gasteiger partial charge in [0.1, 0.15) is 11.6 Å². The molecule has 1 unspecified atom stereocenters. The van der Waals surface area contributed by atoms with Crippen LogP contribution in [0.1, 0.15) is 38.8 Å². The van der Waals surface area contributed by atoms with Gasteiger partial charge in [0.05, 0.1) is 0 Å². The number of nitrogens with zero attached hydrogens (tertiary/aromatic N) is 3. The molecule has 1 atom stereocenters. The second-order valence-corrected chi connectivity index (χ2v) is 5.67. The predicted octanol–water partition coefficient (Wildman–Crippen LogP) is 1.14. The highest BCUT2D eigenvalue weighted by Crippen LogP contribution is 2.22. The zero-order chi connectivity index (χ0) is 11.1. The summed E-state index contributed by atoms with van der Waals surface area (Å²) in [5.74, 6) is 2.18. The first-order chi connectivity index (χ1) is 6.96. The lowest BCUT2D eigenvalue weighted by Gasteiger charge is -2.22. The second kappa shape index (κ2) is 3.59. The molecule has 84 valence electrons. The third kappa shape index (κ3) is 2.37. The van der Waals surface area contributed by atoms with Gasteiger partial charge in [-0.05, 0) is 11.8 Å². The number of aromatic nitrogens is 3. The SMILES string of the molecule is CC(C)(C)Cc1nnc2n1CCC(N)C2. The van der Waals surface area contributed by atoms with Crippen LogP contribution >= 0.6 is 0 Å². The zero-order valence-corrected chi connectivity index (χ0v) is 9.82. The minimum atomic E-state index is 0.267. The second-order valence-electron chi connectivity index (χ2n) is 5.67. The quantitative estimate of drug-likeness (QED) is 0.753. The molecule has 0 spiro atoms. The molecule has 0 saturated heterocycles. The van der Waals surface area contributed by atoms with Crippen LogP contribution in [0.15, 0.2) is 0 Å². The molecule has 0 radical (unpaired) electrons. The molecule has 0 fully saturated rings. The van der Waals surface area contributed by atoms with Gasteiger partial charge in [-0.2, -0.15) is 0 Å². The Labute approximate surface area is 90.9 Å². The van der Waals surface area contributed by atoms with Crippen molar-refractivity contribution in [1.29, 1.82) is 0 Å². The molecule has 4 heteroatoms. The molecule has 4 nitrogen and oxygen atoms in total. The van der Waals surface area contributed by atoms with Crippen LogP contribution in [0.5, 0.6) is 0 Å². The Morgan fingerprint density at radius 3 is 2.80 bits per heavy atom. The summed E-state index contributed by atoms with van der Waals surface area (Å²) in [6.07, 6.45) is 2.90. The third-order valence-electron chi connectivity index (χ3n) is 2.76. The van der Waals surface area contributed by atoms with E-state index in [4.69, 9.17) is 5.73 Å². The molecule has 1 aliphatic rings. The molecule has 15 heavy (non-hydrogen) atoms. The predicted molar refractivity (Wildman–Crippen MR) is 59.5 cm³/mol. The van der Waals surface area contributed by atoms with Crippen LogP contribution in [-0.2, 0) is 19.4 Å². The molecule has 0 saturated carbocycles. The van der Waals surface area contributed by atoms with Crippen molar-refractivity contribution in [2.75, 3.05) is 0 Å². The van der Waals surface area contributed by atoms with Gasteiger partial charge in [0, 0.05) is 25.4 Å². The smallest absolute Gasteiger partial charge is 0.134 e. The maximum absolute atomic E-state index is 5.90. The van der Waals surface area contributed by atoms with Gasteiger partial charge in [0.2, 0.25) is 0 Å². The Kier molecular flexibility index (Phi) is 2.54. The fourth-order valence-electron chi connectivity index (χ4n) is 2.02. The van der Waals surface area contributed by atoms with E-state index in [1.807, 2.05) is 0 Å². The number of hydrogen-bond donors (Lipinski definition) is 1. The standard InChI is InChI=1S/C11H20N4/c1-11(2,3)7-10-14-13-9-6-8(12)4-5-15(9)10/h8H,4-7,12H2,1-3H3. The number of nitrogens with two attached hydrogens (primary N) is 1. The van der Waals surface area contributed by atoms with Crippen LogP contribution < -0.4 is 5.73 Å². The van der Waals surface area contributed by atoms with Crippen LogP contribution in [0.3, 0.4) is 0 Å². The van der Waals surface area contributed by atoms with Crippen molar-refractivity contribution in [1.82, 2.24) is 14.8 Å². The minimum Gasteiger partial charge on any atom is -0.327 e. The normalized spacial score (nSPS) is 21.5. The van der Waals surface area contributed by atoms with Crippen molar-refractivity contribution < 1.29 is 0 Å². The lowest BCUT2D eigenvalue weighted by Crippen LogP contribution is -2.31. The van der Waals surface area contributed by atoms with Gasteiger partial charge in [0.15, 0.2) is 0 Å². The Hall–Kier alpha value is -0.900. The molecule has 0 bridgehead atoms. The van der Waals surface area contributed by atoms with Gasteiger partial charge in [-0.1, -0.05) is 20.8 Å². The topological polar surface area (TPSA) is 56.7 Å². The van der Waals surface area contributed by atoms with Crippen LogP contribution in [0.4, 0.5) is 0 Å². The summed E-state index contributed by atoms with van der Waals surface area (Å²) in [6.45, 7) is 7.66. The molecule has 1 aromatic heterocycles. The summed E-state index contributed by atoms with van der Waals surface area (Å²) >= 11 is 0. The van der Waals surface area contributed by atoms with E-state index in [1.54, 1.807) is 0 Å². The molecule has 2 rings (SSSR count). The maximum atomic E-state index is 5.90. The first kappa shape index (κ1) is 10.6. The fourth-order valence-corrected chi connectivity index (χ4v) is 2.02. The van der Waals surface area contributed by atoms with Crippen molar-refractivity contribution >= 4 is 0 Å². The number of hydrogen-bond acceptors (Lipinski definition) is 3. The Morgan fingerprint density at radius 2 is 2.13 bits per heavy atom. The molecular formula is C11H20N4. The van der Waals surface area contributed by atoms with Crippen molar-refractivity contribution in [3.63, 3.8) is 0 Å². The maximum Gasteiger partial charge on any atom is 0.134 e. The summed E-state index contributed by atoms with van der Waals surface area (Å²) in [5, 5.41) is 8.50. The zero-order valence-electron chi connectivity index (χ0n) is 9.82. The Morgan fingerprint density at radius 1 is 1.40 bits per heavy atom. The van der Waals surface area contributed by atoms with Gasteiger partial charge in [-0.25, -0.2) is 0 Å². The highest BCUT2D eigenvalue weighted by atomic mass is 15.3. The van der Waals surface area contributed by atoms with Gasteiger partial charge >= 0.3 is 0 Å². The summed E-state index contributed by atoms with van der Waals surface area (Å²) in [4.78, 5) is 0. The number of fused-ring (bicyclic) bond motifs is 1. The van der Waals surface area contributed by atoms with Crippen molar-refractivity contribution in [2.24, 2.45) is 11.1 Å². The molecule has 2 N–H and O–H groups in total. The van der Waals surface area contributed by atoms with E-state index in [9.17, 15) is 0 Å². The van der Waals surface area contributed by atoms with E-state index in [1.165, 1.54) is 0 Å². The monoisotopic (exact) mass is 208 g/mol. The Bertz CT molecular complexity index is 348. The first-order valence-electron chi connectivity index (χ1n) is 5.62. The van der Waals surface area contributed by atoms with Crippen LogP contribution in [-0.4, -0.2) is 20.8 Å². The molecule has 1 aromatic rings. The van der Waals surface area contributed by atoms with Gasteiger partial charge in [-0.15, -0.1) is 10.2 Å². The average molecular weight is 208 g/mol. The van der Waals surface area contributed by atoms with Gasteiger partial charge in [0.25, 0.3) is 0 Å². The van der Waals surface area contributed by atoms with Crippen molar-refractivity contribution in [3.8, 4) is 0 Å². The van der Waals surface area contributed by atoms with E-state index in [0.29, 0.717) is 0 Å². The molecular weight excluding hydrogens is 188 g/mol. The molecule has 2 heterocycles. The van der Waals surface area contributed by atoms with E-state index >= 15 is 0 Å². The highest BCUT2D eigenvalue weighted by molar-refractivity contribution is 5.03. The average Bonchev–Trinajstić information content (AvgIpc) is 2.45. The first-order valence-corrected chi connectivity index (χ1v) is 5.62. The van der Waals surface area contributed by atoms with E-state index in [2.05, 4.69) is 35.5 Å². The molecule has 1 aliphatic heterocycles. The van der Waals surface area contributed by atoms with Crippen LogP contribution in [0.25, 0.3) is 0 Å². The summed E-state index contributed by atoms with van der Waals surface area (Å²) in [6, 6.07) is 0.268. The van der Waals surface area contributed by atoms with Crippen LogP contribution in [0, 0.1) is 5.41 Å². The van der Waals surface area contributed by atoms with Crippen molar-refractivity contribution in [2.45, 2.75) is 52.6 Å². The minimum absolute atomic E-state index is 0.267. The number of rotatable bonds is 1. The summed E-state index contributed by atoms with van der Waals surface area (Å²) < 4.78 is 2.24. The van der Waals surface area contributed by atoms with E-state index < -0.39 is 0 Å². The summed E-state index contributed by atoms with van der Waals surface area (Å²) in [7, 11) is 0. The fraction of sp³-hybridized carbons (Fsp3) is 0.818. The molecule has 0 aromatic carbocycles. The largest absolute Gasteiger partial charge is 0.327 e. The Balaban J connectivity index is 2.21. The lowest BCUT2D eigenvalue weighted by molar-refractivity contribution is 0.379. The van der Waals surface area contributed by atoms with Gasteiger partial charge < -0.3 is 10.3 Å². The molecule has 0 aliphatic carbocycles. The third-order valence-corrected chi connectivity index (χ3v) is 2.76. The summed E-state index contributed by atoms with van der Waals surface area (Å²) in [5.41, 5.74) is 6.17. The van der Waals surface area contributed by atoms with E-state index in [0.717, 1.165) is 37.5 Å². The van der Waals surface area contributed by atoms with Crippen LogP contribution in [0.2, 0.25) is 0 Å².